The highest BCUT2D eigenvalue weighted by Crippen LogP contribution is 2.18. The smallest absolute Gasteiger partial charge is 0.346 e. The van der Waals surface area contributed by atoms with Crippen LogP contribution in [0.5, 0.6) is 0 Å². The van der Waals surface area contributed by atoms with Gasteiger partial charge in [0, 0.05) is 6.54 Å². The van der Waals surface area contributed by atoms with Crippen molar-refractivity contribution in [3.8, 4) is 0 Å². The SMILES string of the molecule is CCC(CO)(CO)NCc1ccsc1C(=O)O. The molecule has 5 nitrogen and oxygen atoms in total. The number of aliphatic hydroxyl groups excluding tert-OH is 2. The van der Waals surface area contributed by atoms with Crippen molar-refractivity contribution in [2.24, 2.45) is 0 Å². The summed E-state index contributed by atoms with van der Waals surface area (Å²) in [7, 11) is 0. The number of aliphatic hydroxyl groups is 2. The third-order valence-corrected chi connectivity index (χ3v) is 3.82. The van der Waals surface area contributed by atoms with Crippen LogP contribution in [0.1, 0.15) is 28.6 Å². The van der Waals surface area contributed by atoms with Crippen LogP contribution in [0, 0.1) is 0 Å². The molecule has 1 aromatic heterocycles. The topological polar surface area (TPSA) is 89.8 Å². The van der Waals surface area contributed by atoms with E-state index in [0.29, 0.717) is 23.4 Å². The number of aromatic carboxylic acids is 1. The first-order valence-electron chi connectivity index (χ1n) is 5.35. The quantitative estimate of drug-likeness (QED) is 0.578. The molecule has 1 rings (SSSR count). The first-order valence-corrected chi connectivity index (χ1v) is 6.23. The lowest BCUT2D eigenvalue weighted by Crippen LogP contribution is -2.50. The normalized spacial score (nSPS) is 11.7. The minimum Gasteiger partial charge on any atom is -0.477 e. The van der Waals surface area contributed by atoms with Gasteiger partial charge in [-0.3, -0.25) is 0 Å². The van der Waals surface area contributed by atoms with Gasteiger partial charge in [0.15, 0.2) is 0 Å². The van der Waals surface area contributed by atoms with Crippen LogP contribution in [0.15, 0.2) is 11.4 Å². The number of nitrogens with one attached hydrogen (secondary N) is 1. The van der Waals surface area contributed by atoms with Crippen LogP contribution in [-0.4, -0.2) is 40.0 Å². The van der Waals surface area contributed by atoms with E-state index in [1.54, 1.807) is 11.4 Å². The first kappa shape index (κ1) is 14.1. The van der Waals surface area contributed by atoms with Crippen LogP contribution in [0.3, 0.4) is 0 Å². The molecule has 6 heteroatoms. The second-order valence-electron chi connectivity index (χ2n) is 3.88. The van der Waals surface area contributed by atoms with Gasteiger partial charge in [-0.25, -0.2) is 4.79 Å². The summed E-state index contributed by atoms with van der Waals surface area (Å²) in [6.45, 7) is 1.80. The van der Waals surface area contributed by atoms with E-state index in [2.05, 4.69) is 5.32 Å². The maximum Gasteiger partial charge on any atom is 0.346 e. The van der Waals surface area contributed by atoms with Gasteiger partial charge in [-0.1, -0.05) is 6.92 Å². The number of hydrogen-bond acceptors (Lipinski definition) is 5. The zero-order valence-electron chi connectivity index (χ0n) is 9.64. The average Bonchev–Trinajstić information content (AvgIpc) is 2.80. The zero-order valence-corrected chi connectivity index (χ0v) is 10.5. The lowest BCUT2D eigenvalue weighted by Gasteiger charge is -2.29. The molecule has 0 aliphatic heterocycles. The van der Waals surface area contributed by atoms with Crippen molar-refractivity contribution < 1.29 is 20.1 Å². The van der Waals surface area contributed by atoms with Crippen molar-refractivity contribution in [3.63, 3.8) is 0 Å². The molecule has 96 valence electrons. The summed E-state index contributed by atoms with van der Waals surface area (Å²) in [6.07, 6.45) is 0.562. The van der Waals surface area contributed by atoms with E-state index < -0.39 is 11.5 Å². The van der Waals surface area contributed by atoms with Crippen molar-refractivity contribution in [3.05, 3.63) is 21.9 Å². The number of carboxylic acids is 1. The van der Waals surface area contributed by atoms with Crippen LogP contribution in [0.2, 0.25) is 0 Å². The van der Waals surface area contributed by atoms with E-state index in [-0.39, 0.29) is 13.2 Å². The van der Waals surface area contributed by atoms with Crippen LogP contribution >= 0.6 is 11.3 Å². The van der Waals surface area contributed by atoms with Gasteiger partial charge in [-0.2, -0.15) is 0 Å². The summed E-state index contributed by atoms with van der Waals surface area (Å²) in [4.78, 5) is 11.2. The molecule has 0 aliphatic carbocycles. The fraction of sp³-hybridized carbons (Fsp3) is 0.545. The highest BCUT2D eigenvalue weighted by atomic mass is 32.1. The Labute approximate surface area is 104 Å². The van der Waals surface area contributed by atoms with Gasteiger partial charge in [-0.05, 0) is 23.4 Å². The van der Waals surface area contributed by atoms with Gasteiger partial charge in [0.2, 0.25) is 0 Å². The summed E-state index contributed by atoms with van der Waals surface area (Å²) in [5, 5.41) is 32.2. The summed E-state index contributed by atoms with van der Waals surface area (Å²) in [5.74, 6) is -0.952. The van der Waals surface area contributed by atoms with Crippen molar-refractivity contribution in [2.45, 2.75) is 25.4 Å². The first-order chi connectivity index (χ1) is 8.08. The Balaban J connectivity index is 2.72. The molecule has 0 bridgehead atoms. The molecule has 0 saturated heterocycles. The molecular weight excluding hydrogens is 242 g/mol. The molecule has 4 N–H and O–H groups in total. The minimum atomic E-state index is -0.952. The van der Waals surface area contributed by atoms with Crippen molar-refractivity contribution >= 4 is 17.3 Å². The highest BCUT2D eigenvalue weighted by molar-refractivity contribution is 7.12. The molecule has 0 unspecified atom stereocenters. The summed E-state index contributed by atoms with van der Waals surface area (Å²) < 4.78 is 0. The van der Waals surface area contributed by atoms with Crippen LogP contribution in [0.25, 0.3) is 0 Å². The predicted molar refractivity (Wildman–Crippen MR) is 65.3 cm³/mol. The second-order valence-corrected chi connectivity index (χ2v) is 4.80. The monoisotopic (exact) mass is 259 g/mol. The van der Waals surface area contributed by atoms with E-state index in [4.69, 9.17) is 5.11 Å². The summed E-state index contributed by atoms with van der Waals surface area (Å²) in [6, 6.07) is 1.73. The largest absolute Gasteiger partial charge is 0.477 e. The molecule has 17 heavy (non-hydrogen) atoms. The molecule has 1 aromatic rings. The summed E-state index contributed by atoms with van der Waals surface area (Å²) in [5.41, 5.74) is -0.0835. The Morgan fingerprint density at radius 3 is 2.59 bits per heavy atom. The number of thiophene rings is 1. The predicted octanol–water partition coefficient (Wildman–Crippen LogP) is 0.669. The Morgan fingerprint density at radius 1 is 1.47 bits per heavy atom. The lowest BCUT2D eigenvalue weighted by atomic mass is 9.98. The lowest BCUT2D eigenvalue weighted by molar-refractivity contribution is 0.0699. The molecule has 0 saturated carbocycles. The van der Waals surface area contributed by atoms with Crippen LogP contribution < -0.4 is 5.32 Å². The molecule has 0 aromatic carbocycles. The maximum absolute atomic E-state index is 10.9. The van der Waals surface area contributed by atoms with E-state index in [0.717, 1.165) is 0 Å². The molecule has 0 spiro atoms. The molecule has 0 amide bonds. The highest BCUT2D eigenvalue weighted by Gasteiger charge is 2.26. The molecule has 0 fully saturated rings. The van der Waals surface area contributed by atoms with Crippen LogP contribution in [-0.2, 0) is 6.54 Å². The van der Waals surface area contributed by atoms with Gasteiger partial charge in [0.1, 0.15) is 4.88 Å². The standard InChI is InChI=1S/C11H17NO4S/c1-2-11(6-13,7-14)12-5-8-3-4-17-9(8)10(15)16/h3-4,12-14H,2,5-7H2,1H3,(H,15,16). The molecule has 1 heterocycles. The minimum absolute atomic E-state index is 0.188. The fourth-order valence-corrected chi connectivity index (χ4v) is 2.22. The maximum atomic E-state index is 10.9. The van der Waals surface area contributed by atoms with E-state index >= 15 is 0 Å². The Morgan fingerprint density at radius 2 is 2.12 bits per heavy atom. The molecule has 0 aliphatic rings. The third-order valence-electron chi connectivity index (χ3n) is 2.88. The van der Waals surface area contributed by atoms with Crippen LogP contribution in [0.4, 0.5) is 0 Å². The third kappa shape index (κ3) is 3.26. The Hall–Kier alpha value is -0.950. The number of carbonyl (C=O) groups is 1. The van der Waals surface area contributed by atoms with Gasteiger partial charge in [-0.15, -0.1) is 11.3 Å². The second kappa shape index (κ2) is 6.11. The Kier molecular flexibility index (Phi) is 5.07. The van der Waals surface area contributed by atoms with E-state index in [1.165, 1.54) is 11.3 Å². The van der Waals surface area contributed by atoms with Crippen molar-refractivity contribution in [1.82, 2.24) is 5.32 Å². The average molecular weight is 259 g/mol. The number of hydrogen-bond donors (Lipinski definition) is 4. The molecule has 0 atom stereocenters. The van der Waals surface area contributed by atoms with Gasteiger partial charge < -0.3 is 20.6 Å². The van der Waals surface area contributed by atoms with Crippen molar-refractivity contribution in [2.75, 3.05) is 13.2 Å². The molecule has 0 radical (unpaired) electrons. The molecular formula is C11H17NO4S. The fourth-order valence-electron chi connectivity index (χ4n) is 1.46. The van der Waals surface area contributed by atoms with Crippen molar-refractivity contribution in [1.29, 1.82) is 0 Å². The van der Waals surface area contributed by atoms with Gasteiger partial charge >= 0.3 is 5.97 Å². The zero-order chi connectivity index (χ0) is 12.9. The number of carboxylic acid groups (broad SMARTS) is 1. The number of rotatable bonds is 7. The van der Waals surface area contributed by atoms with Gasteiger partial charge in [0.25, 0.3) is 0 Å². The Bertz CT molecular complexity index is 365. The van der Waals surface area contributed by atoms with E-state index in [1.807, 2.05) is 6.92 Å². The summed E-state index contributed by atoms with van der Waals surface area (Å²) >= 11 is 1.17. The van der Waals surface area contributed by atoms with E-state index in [9.17, 15) is 15.0 Å². The van der Waals surface area contributed by atoms with Gasteiger partial charge in [0.05, 0.1) is 18.8 Å².